The van der Waals surface area contributed by atoms with Crippen LogP contribution in [0.15, 0.2) is 54.6 Å². The fourth-order valence-electron chi connectivity index (χ4n) is 3.48. The first-order valence-corrected chi connectivity index (χ1v) is 8.24. The minimum atomic E-state index is 0.371. The average molecular weight is 293 g/mol. The van der Waals surface area contributed by atoms with Gasteiger partial charge < -0.3 is 10.1 Å². The number of rotatable bonds is 6. The van der Waals surface area contributed by atoms with Gasteiger partial charge in [0.05, 0.1) is 7.11 Å². The lowest BCUT2D eigenvalue weighted by Gasteiger charge is -2.17. The van der Waals surface area contributed by atoms with Crippen molar-refractivity contribution in [1.82, 2.24) is 5.32 Å². The second-order valence-corrected chi connectivity index (χ2v) is 6.75. The van der Waals surface area contributed by atoms with E-state index in [2.05, 4.69) is 59.9 Å². The van der Waals surface area contributed by atoms with Crippen LogP contribution in [-0.4, -0.2) is 19.7 Å². The molecule has 0 aromatic heterocycles. The van der Waals surface area contributed by atoms with E-state index in [0.717, 1.165) is 12.3 Å². The highest BCUT2D eigenvalue weighted by molar-refractivity contribution is 5.37. The second kappa shape index (κ2) is 5.44. The van der Waals surface area contributed by atoms with Crippen LogP contribution in [0.25, 0.3) is 0 Å². The molecule has 0 heterocycles. The summed E-state index contributed by atoms with van der Waals surface area (Å²) in [5, 5.41) is 3.80. The van der Waals surface area contributed by atoms with Crippen LogP contribution in [0.4, 0.5) is 0 Å². The Bertz CT molecular complexity index is 631. The van der Waals surface area contributed by atoms with Gasteiger partial charge in [-0.05, 0) is 42.5 Å². The summed E-state index contributed by atoms with van der Waals surface area (Å²) in [5.41, 5.74) is 3.31. The fraction of sp³-hybridized carbons (Fsp3) is 0.400. The van der Waals surface area contributed by atoms with Crippen molar-refractivity contribution in [2.45, 2.75) is 36.6 Å². The molecule has 2 saturated carbocycles. The first kappa shape index (κ1) is 13.8. The van der Waals surface area contributed by atoms with Crippen molar-refractivity contribution < 1.29 is 4.74 Å². The lowest BCUT2D eigenvalue weighted by molar-refractivity contribution is 0.414. The number of nitrogens with one attached hydrogen (secondary N) is 1. The van der Waals surface area contributed by atoms with Crippen LogP contribution in [0.2, 0.25) is 0 Å². The maximum Gasteiger partial charge on any atom is 0.118 e. The molecule has 0 saturated heterocycles. The largest absolute Gasteiger partial charge is 0.497 e. The Labute approximate surface area is 132 Å². The summed E-state index contributed by atoms with van der Waals surface area (Å²) < 4.78 is 5.26. The van der Waals surface area contributed by atoms with Crippen molar-refractivity contribution in [3.8, 4) is 5.75 Å². The summed E-state index contributed by atoms with van der Waals surface area (Å²) in [5.74, 6) is 1.66. The molecule has 2 aromatic rings. The Morgan fingerprint density at radius 1 is 1.05 bits per heavy atom. The lowest BCUT2D eigenvalue weighted by atomic mass is 9.96. The molecule has 2 aliphatic rings. The van der Waals surface area contributed by atoms with Gasteiger partial charge in [-0.2, -0.15) is 0 Å². The van der Waals surface area contributed by atoms with Crippen LogP contribution >= 0.6 is 0 Å². The second-order valence-electron chi connectivity index (χ2n) is 6.75. The Morgan fingerprint density at radius 3 is 2.41 bits per heavy atom. The van der Waals surface area contributed by atoms with E-state index in [1.807, 2.05) is 0 Å². The van der Waals surface area contributed by atoms with Gasteiger partial charge in [0.2, 0.25) is 0 Å². The summed E-state index contributed by atoms with van der Waals surface area (Å²) in [6.45, 7) is 1.10. The minimum Gasteiger partial charge on any atom is -0.497 e. The molecule has 2 fully saturated rings. The van der Waals surface area contributed by atoms with Crippen molar-refractivity contribution in [1.29, 1.82) is 0 Å². The first-order chi connectivity index (χ1) is 10.8. The smallest absolute Gasteiger partial charge is 0.118 e. The van der Waals surface area contributed by atoms with Crippen LogP contribution in [0.1, 0.15) is 36.3 Å². The SMILES string of the molecule is COc1ccc(C2(CNC3CC3c3ccccc3)CC2)cc1. The summed E-state index contributed by atoms with van der Waals surface area (Å²) in [6, 6.07) is 20.2. The Balaban J connectivity index is 1.36. The topological polar surface area (TPSA) is 21.3 Å². The van der Waals surface area contributed by atoms with Gasteiger partial charge in [-0.3, -0.25) is 0 Å². The van der Waals surface area contributed by atoms with E-state index in [1.165, 1.54) is 30.4 Å². The van der Waals surface area contributed by atoms with Crippen LogP contribution in [0.3, 0.4) is 0 Å². The van der Waals surface area contributed by atoms with E-state index in [9.17, 15) is 0 Å². The predicted octanol–water partition coefficient (Wildman–Crippen LogP) is 3.87. The van der Waals surface area contributed by atoms with E-state index < -0.39 is 0 Å². The fourth-order valence-corrected chi connectivity index (χ4v) is 3.48. The van der Waals surface area contributed by atoms with E-state index in [1.54, 1.807) is 7.11 Å². The predicted molar refractivity (Wildman–Crippen MR) is 89.5 cm³/mol. The van der Waals surface area contributed by atoms with E-state index in [0.29, 0.717) is 17.4 Å². The van der Waals surface area contributed by atoms with Gasteiger partial charge in [0.15, 0.2) is 0 Å². The Hall–Kier alpha value is -1.80. The van der Waals surface area contributed by atoms with Gasteiger partial charge in [-0.15, -0.1) is 0 Å². The van der Waals surface area contributed by atoms with Crippen molar-refractivity contribution in [3.05, 3.63) is 65.7 Å². The molecule has 0 aliphatic heterocycles. The zero-order valence-electron chi connectivity index (χ0n) is 13.1. The van der Waals surface area contributed by atoms with Crippen molar-refractivity contribution in [2.75, 3.05) is 13.7 Å². The summed E-state index contributed by atoms with van der Waals surface area (Å²) in [7, 11) is 1.72. The molecule has 2 aromatic carbocycles. The molecule has 0 amide bonds. The Morgan fingerprint density at radius 2 is 1.77 bits per heavy atom. The van der Waals surface area contributed by atoms with Crippen molar-refractivity contribution in [2.24, 2.45) is 0 Å². The zero-order valence-corrected chi connectivity index (χ0v) is 13.1. The molecular weight excluding hydrogens is 270 g/mol. The van der Waals surface area contributed by atoms with Crippen molar-refractivity contribution >= 4 is 0 Å². The monoisotopic (exact) mass is 293 g/mol. The van der Waals surface area contributed by atoms with E-state index in [-0.39, 0.29) is 0 Å². The molecule has 0 bridgehead atoms. The van der Waals surface area contributed by atoms with Crippen LogP contribution < -0.4 is 10.1 Å². The highest BCUT2D eigenvalue weighted by Gasteiger charge is 2.46. The quantitative estimate of drug-likeness (QED) is 0.873. The maximum absolute atomic E-state index is 5.26. The highest BCUT2D eigenvalue weighted by atomic mass is 16.5. The third-order valence-corrected chi connectivity index (χ3v) is 5.28. The average Bonchev–Trinajstić information content (AvgIpc) is 3.48. The number of benzene rings is 2. The molecular formula is C20H23NO. The van der Waals surface area contributed by atoms with Crippen LogP contribution in [-0.2, 0) is 5.41 Å². The molecule has 0 spiro atoms. The number of ether oxygens (including phenoxy) is 1. The van der Waals surface area contributed by atoms with Gasteiger partial charge in [0.25, 0.3) is 0 Å². The molecule has 2 atom stereocenters. The lowest BCUT2D eigenvalue weighted by Crippen LogP contribution is -2.29. The third kappa shape index (κ3) is 2.64. The number of hydrogen-bond donors (Lipinski definition) is 1. The zero-order chi connectivity index (χ0) is 15.0. The minimum absolute atomic E-state index is 0.371. The molecule has 2 unspecified atom stereocenters. The maximum atomic E-state index is 5.26. The third-order valence-electron chi connectivity index (χ3n) is 5.28. The molecule has 22 heavy (non-hydrogen) atoms. The van der Waals surface area contributed by atoms with Gasteiger partial charge in [0.1, 0.15) is 5.75 Å². The van der Waals surface area contributed by atoms with Crippen LogP contribution in [0, 0.1) is 0 Å². The normalized spacial score (nSPS) is 24.8. The molecule has 1 N–H and O–H groups in total. The molecule has 2 heteroatoms. The Kier molecular flexibility index (Phi) is 3.42. The summed E-state index contributed by atoms with van der Waals surface area (Å²) in [6.07, 6.45) is 3.88. The summed E-state index contributed by atoms with van der Waals surface area (Å²) >= 11 is 0. The number of hydrogen-bond acceptors (Lipinski definition) is 2. The first-order valence-electron chi connectivity index (χ1n) is 8.24. The molecule has 0 radical (unpaired) electrons. The van der Waals surface area contributed by atoms with Gasteiger partial charge in [-0.1, -0.05) is 42.5 Å². The summed E-state index contributed by atoms with van der Waals surface area (Å²) in [4.78, 5) is 0. The molecule has 114 valence electrons. The molecule has 2 aliphatic carbocycles. The molecule has 4 rings (SSSR count). The van der Waals surface area contributed by atoms with E-state index in [4.69, 9.17) is 4.74 Å². The number of methoxy groups -OCH3 is 1. The van der Waals surface area contributed by atoms with Crippen LogP contribution in [0.5, 0.6) is 5.75 Å². The molecule has 2 nitrogen and oxygen atoms in total. The highest BCUT2D eigenvalue weighted by Crippen LogP contribution is 2.49. The standard InChI is InChI=1S/C20H23NO/c1-22-17-9-7-16(8-10-17)20(11-12-20)14-21-19-13-18(19)15-5-3-2-4-6-15/h2-10,18-19,21H,11-14H2,1H3. The van der Waals surface area contributed by atoms with Gasteiger partial charge >= 0.3 is 0 Å². The van der Waals surface area contributed by atoms with Crippen molar-refractivity contribution in [3.63, 3.8) is 0 Å². The van der Waals surface area contributed by atoms with Gasteiger partial charge in [0, 0.05) is 23.9 Å². The van der Waals surface area contributed by atoms with Gasteiger partial charge in [-0.25, -0.2) is 0 Å². The van der Waals surface area contributed by atoms with E-state index >= 15 is 0 Å².